The van der Waals surface area contributed by atoms with Crippen molar-refractivity contribution in [2.75, 3.05) is 18.4 Å². The van der Waals surface area contributed by atoms with Gasteiger partial charge in [-0.25, -0.2) is 4.79 Å². The van der Waals surface area contributed by atoms with Crippen LogP contribution in [0.3, 0.4) is 0 Å². The standard InChI is InChI=1S/C14H15F6N3O/c15-13(16,17)8-5-9(14(18,19)20)7-11(6-8)23-12(24)22-10-1-3-21-4-2-10/h5-7,10,21H,1-4H2,(H2,22,23,24). The number of anilines is 1. The number of rotatable bonds is 2. The zero-order valence-corrected chi connectivity index (χ0v) is 12.3. The van der Waals surface area contributed by atoms with Crippen molar-refractivity contribution >= 4 is 11.7 Å². The van der Waals surface area contributed by atoms with Gasteiger partial charge in [0, 0.05) is 11.7 Å². The molecule has 0 unspecified atom stereocenters. The zero-order valence-electron chi connectivity index (χ0n) is 12.3. The van der Waals surface area contributed by atoms with Crippen LogP contribution < -0.4 is 16.0 Å². The number of nitrogens with one attached hydrogen (secondary N) is 3. The molecular weight excluding hydrogens is 340 g/mol. The quantitative estimate of drug-likeness (QED) is 0.710. The number of hydrogen-bond donors (Lipinski definition) is 3. The van der Waals surface area contributed by atoms with E-state index >= 15 is 0 Å². The van der Waals surface area contributed by atoms with Gasteiger partial charge in [-0.3, -0.25) is 0 Å². The Morgan fingerprint density at radius 1 is 0.958 bits per heavy atom. The number of halogens is 6. The van der Waals surface area contributed by atoms with Gasteiger partial charge in [0.2, 0.25) is 0 Å². The first kappa shape index (κ1) is 18.4. The van der Waals surface area contributed by atoms with Crippen molar-refractivity contribution in [3.05, 3.63) is 29.3 Å². The van der Waals surface area contributed by atoms with Gasteiger partial charge < -0.3 is 16.0 Å². The molecule has 10 heteroatoms. The molecule has 2 amide bonds. The summed E-state index contributed by atoms with van der Waals surface area (Å²) in [5.41, 5.74) is -3.52. The molecule has 1 fully saturated rings. The minimum absolute atomic E-state index is 0.00981. The number of piperidine rings is 1. The minimum atomic E-state index is -4.96. The molecule has 134 valence electrons. The number of urea groups is 1. The Morgan fingerprint density at radius 3 is 1.92 bits per heavy atom. The first-order valence-electron chi connectivity index (χ1n) is 7.13. The first-order valence-corrected chi connectivity index (χ1v) is 7.13. The normalized spacial score (nSPS) is 16.8. The summed E-state index contributed by atoms with van der Waals surface area (Å²) in [6, 6.07) is -0.0711. The van der Waals surface area contributed by atoms with Crippen LogP contribution in [-0.4, -0.2) is 25.2 Å². The molecule has 0 atom stereocenters. The molecule has 0 bridgehead atoms. The van der Waals surface area contributed by atoms with Gasteiger partial charge in [-0.05, 0) is 44.1 Å². The highest BCUT2D eigenvalue weighted by Crippen LogP contribution is 2.37. The Balaban J connectivity index is 2.17. The summed E-state index contributed by atoms with van der Waals surface area (Å²) in [6.45, 7) is 1.35. The van der Waals surface area contributed by atoms with Gasteiger partial charge in [-0.15, -0.1) is 0 Å². The summed E-state index contributed by atoms with van der Waals surface area (Å²) in [4.78, 5) is 11.8. The predicted octanol–water partition coefficient (Wildman–Crippen LogP) is 3.60. The number of hydrogen-bond acceptors (Lipinski definition) is 2. The Labute approximate surface area is 133 Å². The van der Waals surface area contributed by atoms with Crippen LogP contribution >= 0.6 is 0 Å². The summed E-state index contributed by atoms with van der Waals surface area (Å²) in [5, 5.41) is 7.64. The molecule has 4 nitrogen and oxygen atoms in total. The molecule has 0 aliphatic carbocycles. The Hall–Kier alpha value is -1.97. The van der Waals surface area contributed by atoms with Crippen LogP contribution in [-0.2, 0) is 12.4 Å². The van der Waals surface area contributed by atoms with Gasteiger partial charge in [0.15, 0.2) is 0 Å². The SMILES string of the molecule is O=C(Nc1cc(C(F)(F)F)cc(C(F)(F)F)c1)NC1CCNCC1. The molecule has 2 rings (SSSR count). The molecule has 1 saturated heterocycles. The van der Waals surface area contributed by atoms with E-state index in [1.165, 1.54) is 0 Å². The largest absolute Gasteiger partial charge is 0.416 e. The van der Waals surface area contributed by atoms with Gasteiger partial charge >= 0.3 is 18.4 Å². The maximum absolute atomic E-state index is 12.7. The van der Waals surface area contributed by atoms with E-state index in [4.69, 9.17) is 0 Å². The molecule has 3 N–H and O–H groups in total. The van der Waals surface area contributed by atoms with Crippen LogP contribution in [0.25, 0.3) is 0 Å². The maximum Gasteiger partial charge on any atom is 0.416 e. The highest BCUT2D eigenvalue weighted by Gasteiger charge is 2.37. The molecule has 0 saturated carbocycles. The average molecular weight is 355 g/mol. The topological polar surface area (TPSA) is 53.2 Å². The van der Waals surface area contributed by atoms with E-state index in [0.717, 1.165) is 0 Å². The highest BCUT2D eigenvalue weighted by molar-refractivity contribution is 5.89. The summed E-state index contributed by atoms with van der Waals surface area (Å²) < 4.78 is 76.5. The van der Waals surface area contributed by atoms with Crippen molar-refractivity contribution in [1.29, 1.82) is 0 Å². The number of benzene rings is 1. The average Bonchev–Trinajstić information content (AvgIpc) is 2.46. The van der Waals surface area contributed by atoms with Gasteiger partial charge in [0.05, 0.1) is 11.1 Å². The molecular formula is C14H15F6N3O. The lowest BCUT2D eigenvalue weighted by molar-refractivity contribution is -0.143. The smallest absolute Gasteiger partial charge is 0.335 e. The van der Waals surface area contributed by atoms with Crippen LogP contribution in [0.15, 0.2) is 18.2 Å². The third kappa shape index (κ3) is 5.02. The van der Waals surface area contributed by atoms with Gasteiger partial charge in [0.25, 0.3) is 0 Å². The molecule has 1 aliphatic rings. The van der Waals surface area contributed by atoms with Crippen molar-refractivity contribution in [3.63, 3.8) is 0 Å². The van der Waals surface area contributed by atoms with Crippen molar-refractivity contribution in [2.45, 2.75) is 31.2 Å². The van der Waals surface area contributed by atoms with Gasteiger partial charge in [-0.1, -0.05) is 0 Å². The van der Waals surface area contributed by atoms with E-state index in [0.29, 0.717) is 38.1 Å². The van der Waals surface area contributed by atoms with Crippen LogP contribution in [0.4, 0.5) is 36.8 Å². The first-order chi connectivity index (χ1) is 11.1. The zero-order chi connectivity index (χ0) is 18.0. The maximum atomic E-state index is 12.7. The van der Waals surface area contributed by atoms with Crippen molar-refractivity contribution in [1.82, 2.24) is 10.6 Å². The van der Waals surface area contributed by atoms with Crippen LogP contribution in [0.2, 0.25) is 0 Å². The summed E-state index contributed by atoms with van der Waals surface area (Å²) >= 11 is 0. The third-order valence-electron chi connectivity index (χ3n) is 3.52. The molecule has 1 aromatic rings. The fourth-order valence-electron chi connectivity index (χ4n) is 2.35. The lowest BCUT2D eigenvalue weighted by Crippen LogP contribution is -2.44. The lowest BCUT2D eigenvalue weighted by Gasteiger charge is -2.24. The van der Waals surface area contributed by atoms with Crippen LogP contribution in [0.5, 0.6) is 0 Å². The molecule has 1 heterocycles. The summed E-state index contributed by atoms with van der Waals surface area (Å²) in [7, 11) is 0. The van der Waals surface area contributed by atoms with E-state index in [9.17, 15) is 31.1 Å². The van der Waals surface area contributed by atoms with E-state index < -0.39 is 35.2 Å². The Kier molecular flexibility index (Phi) is 5.26. The lowest BCUT2D eigenvalue weighted by atomic mass is 10.1. The Bertz CT molecular complexity index is 561. The second-order valence-corrected chi connectivity index (χ2v) is 5.42. The van der Waals surface area contributed by atoms with Crippen molar-refractivity contribution in [2.24, 2.45) is 0 Å². The molecule has 1 aliphatic heterocycles. The second-order valence-electron chi connectivity index (χ2n) is 5.42. The van der Waals surface area contributed by atoms with Crippen molar-refractivity contribution < 1.29 is 31.1 Å². The number of carbonyl (C=O) groups is 1. The minimum Gasteiger partial charge on any atom is -0.335 e. The number of amides is 2. The fourth-order valence-corrected chi connectivity index (χ4v) is 2.35. The van der Waals surface area contributed by atoms with Gasteiger partial charge in [0.1, 0.15) is 0 Å². The third-order valence-corrected chi connectivity index (χ3v) is 3.52. The molecule has 1 aromatic carbocycles. The van der Waals surface area contributed by atoms with Gasteiger partial charge in [-0.2, -0.15) is 26.3 Å². The van der Waals surface area contributed by atoms with E-state index in [-0.39, 0.29) is 12.1 Å². The summed E-state index contributed by atoms with van der Waals surface area (Å²) in [6.07, 6.45) is -8.65. The van der Waals surface area contributed by atoms with E-state index in [1.54, 1.807) is 0 Å². The number of carbonyl (C=O) groups excluding carboxylic acids is 1. The second kappa shape index (κ2) is 6.88. The predicted molar refractivity (Wildman–Crippen MR) is 74.5 cm³/mol. The van der Waals surface area contributed by atoms with E-state index in [1.807, 2.05) is 5.32 Å². The Morgan fingerprint density at radius 2 is 1.46 bits per heavy atom. The number of alkyl halides is 6. The molecule has 0 spiro atoms. The molecule has 24 heavy (non-hydrogen) atoms. The van der Waals surface area contributed by atoms with E-state index in [2.05, 4.69) is 10.6 Å². The fraction of sp³-hybridized carbons (Fsp3) is 0.500. The summed E-state index contributed by atoms with van der Waals surface area (Å²) in [5.74, 6) is 0. The highest BCUT2D eigenvalue weighted by atomic mass is 19.4. The van der Waals surface area contributed by atoms with Crippen molar-refractivity contribution in [3.8, 4) is 0 Å². The molecule has 0 radical (unpaired) electrons. The monoisotopic (exact) mass is 355 g/mol. The van der Waals surface area contributed by atoms with Crippen LogP contribution in [0.1, 0.15) is 24.0 Å². The molecule has 0 aromatic heterocycles. The van der Waals surface area contributed by atoms with Crippen LogP contribution in [0, 0.1) is 0 Å².